The first-order valence-corrected chi connectivity index (χ1v) is 11.5. The third-order valence-electron chi connectivity index (χ3n) is 6.44. The Morgan fingerprint density at radius 2 is 1.93 bits per heavy atom. The van der Waals surface area contributed by atoms with E-state index in [0.717, 1.165) is 54.3 Å². The van der Waals surface area contributed by atoms with Crippen LogP contribution >= 0.6 is 11.3 Å². The Bertz CT molecular complexity index is 816. The van der Waals surface area contributed by atoms with Crippen LogP contribution < -0.4 is 10.2 Å². The molecule has 0 aromatic carbocycles. The number of aromatic nitrogens is 2. The van der Waals surface area contributed by atoms with Gasteiger partial charge in [0.2, 0.25) is 0 Å². The van der Waals surface area contributed by atoms with E-state index in [-0.39, 0.29) is 0 Å². The summed E-state index contributed by atoms with van der Waals surface area (Å²) in [4.78, 5) is 11.7. The van der Waals surface area contributed by atoms with Crippen molar-refractivity contribution in [3.8, 4) is 0 Å². The molecule has 0 amide bonds. The van der Waals surface area contributed by atoms with Crippen molar-refractivity contribution in [2.75, 3.05) is 18.5 Å². The van der Waals surface area contributed by atoms with E-state index in [1.165, 1.54) is 38.4 Å². The first-order chi connectivity index (χ1) is 13.9. The van der Waals surface area contributed by atoms with E-state index in [0.29, 0.717) is 21.8 Å². The van der Waals surface area contributed by atoms with Crippen LogP contribution in [0.15, 0.2) is 12.4 Å². The van der Waals surface area contributed by atoms with Crippen molar-refractivity contribution in [3.05, 3.63) is 17.3 Å². The molecule has 2 aliphatic carbocycles. The molecule has 0 unspecified atom stereocenters. The Morgan fingerprint density at radius 3 is 2.69 bits per heavy atom. The van der Waals surface area contributed by atoms with Gasteiger partial charge in [-0.15, -0.1) is 11.3 Å². The molecule has 8 heteroatoms. The third-order valence-corrected chi connectivity index (χ3v) is 7.48. The molecule has 2 heterocycles. The summed E-state index contributed by atoms with van der Waals surface area (Å²) >= 11 is 1.11. The fourth-order valence-corrected chi connectivity index (χ4v) is 5.87. The highest BCUT2D eigenvalue weighted by Crippen LogP contribution is 2.36. The second-order valence-electron chi connectivity index (χ2n) is 8.61. The normalized spacial score (nSPS) is 23.7. The average Bonchev–Trinajstić information content (AvgIpc) is 3.31. The number of alkyl halides is 3. The van der Waals surface area contributed by atoms with Crippen LogP contribution in [0.25, 0.3) is 10.2 Å². The SMILES string of the molecule is CN(c1ncnc2sc(CC(F)(F)F)cc12)[C@@H]1CC[C@H](NCC2CCCCC2)C1. The van der Waals surface area contributed by atoms with E-state index in [2.05, 4.69) is 20.2 Å². The molecular weight excluding hydrogens is 397 g/mol. The Labute approximate surface area is 173 Å². The molecule has 2 fully saturated rings. The van der Waals surface area contributed by atoms with Crippen molar-refractivity contribution in [2.45, 2.75) is 76.0 Å². The topological polar surface area (TPSA) is 41.1 Å². The number of anilines is 1. The first-order valence-electron chi connectivity index (χ1n) is 10.7. The molecule has 29 heavy (non-hydrogen) atoms. The van der Waals surface area contributed by atoms with Crippen LogP contribution in [-0.4, -0.2) is 41.8 Å². The summed E-state index contributed by atoms with van der Waals surface area (Å²) in [6.45, 7) is 1.12. The van der Waals surface area contributed by atoms with E-state index in [1.54, 1.807) is 6.07 Å². The number of rotatable bonds is 6. The largest absolute Gasteiger partial charge is 0.393 e. The molecule has 2 atom stereocenters. The highest BCUT2D eigenvalue weighted by molar-refractivity contribution is 7.18. The third kappa shape index (κ3) is 5.20. The van der Waals surface area contributed by atoms with E-state index in [9.17, 15) is 13.2 Å². The lowest BCUT2D eigenvalue weighted by Gasteiger charge is -2.27. The summed E-state index contributed by atoms with van der Waals surface area (Å²) in [5.74, 6) is 1.57. The molecule has 0 bridgehead atoms. The predicted molar refractivity (Wildman–Crippen MR) is 112 cm³/mol. The van der Waals surface area contributed by atoms with Crippen molar-refractivity contribution in [2.24, 2.45) is 5.92 Å². The van der Waals surface area contributed by atoms with Crippen molar-refractivity contribution in [1.29, 1.82) is 0 Å². The number of nitrogens with zero attached hydrogens (tertiary/aromatic N) is 3. The lowest BCUT2D eigenvalue weighted by molar-refractivity contribution is -0.126. The summed E-state index contributed by atoms with van der Waals surface area (Å²) in [5, 5.41) is 4.51. The minimum Gasteiger partial charge on any atom is -0.356 e. The lowest BCUT2D eigenvalue weighted by atomic mass is 9.89. The number of thiophene rings is 1. The maximum absolute atomic E-state index is 12.8. The van der Waals surface area contributed by atoms with Gasteiger partial charge in [0.15, 0.2) is 0 Å². The van der Waals surface area contributed by atoms with Gasteiger partial charge < -0.3 is 10.2 Å². The van der Waals surface area contributed by atoms with Crippen LogP contribution in [0.4, 0.5) is 19.0 Å². The van der Waals surface area contributed by atoms with Crippen molar-refractivity contribution in [3.63, 3.8) is 0 Å². The van der Waals surface area contributed by atoms with Gasteiger partial charge in [-0.05, 0) is 50.6 Å². The molecular formula is C21H29F3N4S. The van der Waals surface area contributed by atoms with Gasteiger partial charge in [-0.3, -0.25) is 0 Å². The first kappa shape index (κ1) is 20.8. The Hall–Kier alpha value is -1.41. The zero-order valence-corrected chi connectivity index (χ0v) is 17.7. The Morgan fingerprint density at radius 1 is 1.14 bits per heavy atom. The zero-order valence-electron chi connectivity index (χ0n) is 16.8. The van der Waals surface area contributed by atoms with Crippen molar-refractivity contribution < 1.29 is 13.2 Å². The van der Waals surface area contributed by atoms with Crippen LogP contribution in [0.2, 0.25) is 0 Å². The van der Waals surface area contributed by atoms with Crippen LogP contribution in [0, 0.1) is 5.92 Å². The van der Waals surface area contributed by atoms with E-state index < -0.39 is 12.6 Å². The summed E-state index contributed by atoms with van der Waals surface area (Å²) < 4.78 is 38.3. The molecule has 2 aliphatic rings. The van der Waals surface area contributed by atoms with Crippen molar-refractivity contribution in [1.82, 2.24) is 15.3 Å². The zero-order chi connectivity index (χ0) is 20.4. The maximum Gasteiger partial charge on any atom is 0.393 e. The molecule has 0 spiro atoms. The van der Waals surface area contributed by atoms with Gasteiger partial charge in [0, 0.05) is 24.0 Å². The van der Waals surface area contributed by atoms with E-state index in [1.807, 2.05) is 7.05 Å². The minimum absolute atomic E-state index is 0.293. The van der Waals surface area contributed by atoms with Gasteiger partial charge in [-0.1, -0.05) is 19.3 Å². The summed E-state index contributed by atoms with van der Waals surface area (Å²) in [6, 6.07) is 2.49. The Balaban J connectivity index is 1.40. The second kappa shape index (κ2) is 8.76. The van der Waals surface area contributed by atoms with Gasteiger partial charge in [0.1, 0.15) is 17.0 Å². The number of halogens is 3. The summed E-state index contributed by atoms with van der Waals surface area (Å²) in [6.07, 6.45) is 6.42. The van der Waals surface area contributed by atoms with Crippen molar-refractivity contribution >= 4 is 27.4 Å². The number of nitrogens with one attached hydrogen (secondary N) is 1. The van der Waals surface area contributed by atoms with E-state index in [4.69, 9.17) is 0 Å². The van der Waals surface area contributed by atoms with Gasteiger partial charge in [0.05, 0.1) is 11.8 Å². The number of hydrogen-bond acceptors (Lipinski definition) is 5. The van der Waals surface area contributed by atoms with Crippen LogP contribution in [0.1, 0.15) is 56.2 Å². The van der Waals surface area contributed by atoms with Crippen LogP contribution in [0.5, 0.6) is 0 Å². The highest BCUT2D eigenvalue weighted by atomic mass is 32.1. The molecule has 2 aromatic rings. The number of hydrogen-bond donors (Lipinski definition) is 1. The van der Waals surface area contributed by atoms with Gasteiger partial charge >= 0.3 is 6.18 Å². The summed E-state index contributed by atoms with van der Waals surface area (Å²) in [7, 11) is 2.01. The Kier molecular flexibility index (Phi) is 6.30. The maximum atomic E-state index is 12.8. The molecule has 4 nitrogen and oxygen atoms in total. The fourth-order valence-electron chi connectivity index (χ4n) is 4.85. The average molecular weight is 427 g/mol. The highest BCUT2D eigenvalue weighted by Gasteiger charge is 2.31. The van der Waals surface area contributed by atoms with Gasteiger partial charge in [-0.2, -0.15) is 13.2 Å². The lowest BCUT2D eigenvalue weighted by Crippen LogP contribution is -2.35. The molecule has 160 valence electrons. The van der Waals surface area contributed by atoms with Crippen LogP contribution in [-0.2, 0) is 6.42 Å². The predicted octanol–water partition coefficient (Wildman–Crippen LogP) is 5.32. The monoisotopic (exact) mass is 426 g/mol. The molecule has 0 aliphatic heterocycles. The quantitative estimate of drug-likeness (QED) is 0.678. The molecule has 2 saturated carbocycles. The summed E-state index contributed by atoms with van der Waals surface area (Å²) in [5.41, 5.74) is 0. The minimum atomic E-state index is -4.21. The fraction of sp³-hybridized carbons (Fsp3) is 0.714. The molecule has 4 rings (SSSR count). The smallest absolute Gasteiger partial charge is 0.356 e. The molecule has 1 N–H and O–H groups in total. The number of fused-ring (bicyclic) bond motifs is 1. The molecule has 0 radical (unpaired) electrons. The van der Waals surface area contributed by atoms with Gasteiger partial charge in [0.25, 0.3) is 0 Å². The standard InChI is InChI=1S/C21H29F3N4S/c1-28(16-8-7-15(9-16)25-12-14-5-3-2-4-6-14)19-18-10-17(11-21(22,23)24)29-20(18)27-13-26-19/h10,13-16,25H,2-9,11-12H2,1H3/t15-,16+/m0/s1. The second-order valence-corrected chi connectivity index (χ2v) is 9.72. The van der Waals surface area contributed by atoms with E-state index >= 15 is 0 Å². The molecule has 0 saturated heterocycles. The van der Waals surface area contributed by atoms with Crippen LogP contribution in [0.3, 0.4) is 0 Å². The molecule has 2 aromatic heterocycles. The van der Waals surface area contributed by atoms with Gasteiger partial charge in [-0.25, -0.2) is 9.97 Å².